The van der Waals surface area contributed by atoms with Crippen LogP contribution in [0.2, 0.25) is 0 Å². The molecule has 192 valence electrons. The molecule has 0 fully saturated rings. The second-order valence-electron chi connectivity index (χ2n) is 8.83. The van der Waals surface area contributed by atoms with Crippen molar-refractivity contribution in [2.24, 2.45) is 0 Å². The van der Waals surface area contributed by atoms with Crippen LogP contribution in [-0.2, 0) is 26.2 Å². The molecule has 0 spiro atoms. The first-order valence-electron chi connectivity index (χ1n) is 11.8. The Labute approximate surface area is 208 Å². The predicted molar refractivity (Wildman–Crippen MR) is 137 cm³/mol. The molecule has 7 nitrogen and oxygen atoms in total. The SMILES string of the molecule is CC[C@H](C)NC(=O)[C@H](C)N(Cc1ccccc1F)C(=O)CCCN(c1ccccc1C)S(C)(=O)=O. The van der Waals surface area contributed by atoms with Crippen LogP contribution in [0.15, 0.2) is 48.5 Å². The number of halogens is 1. The smallest absolute Gasteiger partial charge is 0.242 e. The number of nitrogens with one attached hydrogen (secondary N) is 1. The van der Waals surface area contributed by atoms with E-state index in [0.29, 0.717) is 11.3 Å². The molecule has 0 unspecified atom stereocenters. The van der Waals surface area contributed by atoms with Gasteiger partial charge in [0.05, 0.1) is 11.9 Å². The summed E-state index contributed by atoms with van der Waals surface area (Å²) >= 11 is 0. The Balaban J connectivity index is 2.20. The average molecular weight is 506 g/mol. The Hall–Kier alpha value is -2.94. The van der Waals surface area contributed by atoms with E-state index in [-0.39, 0.29) is 43.8 Å². The van der Waals surface area contributed by atoms with Crippen LogP contribution in [0.3, 0.4) is 0 Å². The summed E-state index contributed by atoms with van der Waals surface area (Å²) in [5.74, 6) is -1.12. The fourth-order valence-electron chi connectivity index (χ4n) is 3.68. The van der Waals surface area contributed by atoms with E-state index in [0.717, 1.165) is 18.2 Å². The Kier molecular flexibility index (Phi) is 10.2. The van der Waals surface area contributed by atoms with Gasteiger partial charge in [0.25, 0.3) is 0 Å². The lowest BCUT2D eigenvalue weighted by atomic mass is 10.1. The molecule has 0 saturated heterocycles. The van der Waals surface area contributed by atoms with Gasteiger partial charge >= 0.3 is 0 Å². The van der Waals surface area contributed by atoms with Crippen molar-refractivity contribution in [3.63, 3.8) is 0 Å². The summed E-state index contributed by atoms with van der Waals surface area (Å²) in [5.41, 5.74) is 1.68. The van der Waals surface area contributed by atoms with Crippen LogP contribution in [0.5, 0.6) is 0 Å². The van der Waals surface area contributed by atoms with Gasteiger partial charge in [0.15, 0.2) is 0 Å². The first kappa shape index (κ1) is 28.3. The summed E-state index contributed by atoms with van der Waals surface area (Å²) in [7, 11) is -3.56. The van der Waals surface area contributed by atoms with Crippen molar-refractivity contribution < 1.29 is 22.4 Å². The zero-order valence-corrected chi connectivity index (χ0v) is 21.9. The maximum absolute atomic E-state index is 14.3. The molecule has 0 aliphatic rings. The summed E-state index contributed by atoms with van der Waals surface area (Å²) in [6, 6.07) is 12.4. The molecule has 35 heavy (non-hydrogen) atoms. The summed E-state index contributed by atoms with van der Waals surface area (Å²) in [5, 5.41) is 2.87. The number of hydrogen-bond donors (Lipinski definition) is 1. The van der Waals surface area contributed by atoms with Crippen LogP contribution in [-0.4, -0.2) is 50.0 Å². The van der Waals surface area contributed by atoms with Crippen molar-refractivity contribution in [1.82, 2.24) is 10.2 Å². The van der Waals surface area contributed by atoms with Crippen LogP contribution >= 0.6 is 0 Å². The van der Waals surface area contributed by atoms with Gasteiger partial charge in [0, 0.05) is 31.1 Å². The number of anilines is 1. The maximum Gasteiger partial charge on any atom is 0.242 e. The van der Waals surface area contributed by atoms with Crippen LogP contribution in [0, 0.1) is 12.7 Å². The van der Waals surface area contributed by atoms with Crippen molar-refractivity contribution in [2.75, 3.05) is 17.1 Å². The highest BCUT2D eigenvalue weighted by molar-refractivity contribution is 7.92. The van der Waals surface area contributed by atoms with Crippen molar-refractivity contribution in [3.8, 4) is 0 Å². The molecule has 2 amide bonds. The van der Waals surface area contributed by atoms with E-state index in [9.17, 15) is 22.4 Å². The standard InChI is InChI=1S/C26H36FN3O4S/c1-6-20(3)28-26(32)21(4)29(18-22-13-8-9-14-23(22)27)25(31)16-11-17-30(35(5,33)34)24-15-10-7-12-19(24)2/h7-10,12-15,20-21H,6,11,16-18H2,1-5H3,(H,28,32)/t20-,21-/m0/s1. The molecule has 2 atom stereocenters. The maximum atomic E-state index is 14.3. The third-order valence-corrected chi connectivity index (χ3v) is 7.18. The molecule has 0 aliphatic carbocycles. The predicted octanol–water partition coefficient (Wildman–Crippen LogP) is 4.01. The Morgan fingerprint density at radius 1 is 1.06 bits per heavy atom. The molecule has 0 aromatic heterocycles. The number of aryl methyl sites for hydroxylation is 1. The van der Waals surface area contributed by atoms with Crippen molar-refractivity contribution in [2.45, 2.75) is 65.6 Å². The van der Waals surface area contributed by atoms with E-state index in [4.69, 9.17) is 0 Å². The lowest BCUT2D eigenvalue weighted by Crippen LogP contribution is -2.49. The van der Waals surface area contributed by atoms with Crippen LogP contribution < -0.4 is 9.62 Å². The first-order valence-corrected chi connectivity index (χ1v) is 13.7. The molecule has 9 heteroatoms. The average Bonchev–Trinajstić information content (AvgIpc) is 2.80. The second-order valence-corrected chi connectivity index (χ2v) is 10.7. The fourth-order valence-corrected chi connectivity index (χ4v) is 4.71. The molecule has 0 aliphatic heterocycles. The summed E-state index contributed by atoms with van der Waals surface area (Å²) in [4.78, 5) is 27.4. The molecule has 2 aromatic rings. The van der Waals surface area contributed by atoms with Gasteiger partial charge in [0.2, 0.25) is 21.8 Å². The Morgan fingerprint density at radius 2 is 1.69 bits per heavy atom. The number of carbonyl (C=O) groups is 2. The molecule has 0 bridgehead atoms. The molecule has 0 saturated carbocycles. The van der Waals surface area contributed by atoms with Gasteiger partial charge in [0.1, 0.15) is 11.9 Å². The first-order chi connectivity index (χ1) is 16.5. The van der Waals surface area contributed by atoms with Gasteiger partial charge in [-0.25, -0.2) is 12.8 Å². The molecule has 0 radical (unpaired) electrons. The van der Waals surface area contributed by atoms with Gasteiger partial charge in [-0.15, -0.1) is 0 Å². The molecular weight excluding hydrogens is 469 g/mol. The Morgan fingerprint density at radius 3 is 2.29 bits per heavy atom. The minimum Gasteiger partial charge on any atom is -0.352 e. The van der Waals surface area contributed by atoms with Crippen LogP contribution in [0.1, 0.15) is 51.2 Å². The molecule has 2 aromatic carbocycles. The molecule has 2 rings (SSSR count). The van der Waals surface area contributed by atoms with E-state index < -0.39 is 21.9 Å². The fraction of sp³-hybridized carbons (Fsp3) is 0.462. The summed E-state index contributed by atoms with van der Waals surface area (Å²) in [6.45, 7) is 7.31. The number of nitrogens with zero attached hydrogens (tertiary/aromatic N) is 2. The third-order valence-electron chi connectivity index (χ3n) is 6.00. The van der Waals surface area contributed by atoms with E-state index in [1.54, 1.807) is 37.3 Å². The third kappa shape index (κ3) is 8.06. The number of para-hydroxylation sites is 1. The van der Waals surface area contributed by atoms with Crippen LogP contribution in [0.4, 0.5) is 10.1 Å². The largest absolute Gasteiger partial charge is 0.352 e. The number of amides is 2. The monoisotopic (exact) mass is 505 g/mol. The number of carbonyl (C=O) groups excluding carboxylic acids is 2. The van der Waals surface area contributed by atoms with Gasteiger partial charge in [-0.1, -0.05) is 43.3 Å². The number of rotatable bonds is 12. The van der Waals surface area contributed by atoms with E-state index >= 15 is 0 Å². The van der Waals surface area contributed by atoms with E-state index in [2.05, 4.69) is 5.32 Å². The topological polar surface area (TPSA) is 86.8 Å². The van der Waals surface area contributed by atoms with Gasteiger partial charge in [-0.2, -0.15) is 0 Å². The lowest BCUT2D eigenvalue weighted by molar-refractivity contribution is -0.141. The summed E-state index contributed by atoms with van der Waals surface area (Å²) < 4.78 is 40.5. The zero-order chi connectivity index (χ0) is 26.2. The van der Waals surface area contributed by atoms with Crippen molar-refractivity contribution >= 4 is 27.5 Å². The highest BCUT2D eigenvalue weighted by Crippen LogP contribution is 2.23. The van der Waals surface area contributed by atoms with Gasteiger partial charge in [-0.05, 0) is 51.3 Å². The highest BCUT2D eigenvalue weighted by Gasteiger charge is 2.28. The van der Waals surface area contributed by atoms with Crippen molar-refractivity contribution in [1.29, 1.82) is 0 Å². The lowest BCUT2D eigenvalue weighted by Gasteiger charge is -2.30. The molecule has 1 N–H and O–H groups in total. The van der Waals surface area contributed by atoms with Gasteiger partial charge < -0.3 is 10.2 Å². The van der Waals surface area contributed by atoms with Crippen LogP contribution in [0.25, 0.3) is 0 Å². The highest BCUT2D eigenvalue weighted by atomic mass is 32.2. The van der Waals surface area contributed by atoms with E-state index in [1.165, 1.54) is 15.3 Å². The Bertz CT molecular complexity index is 1120. The second kappa shape index (κ2) is 12.7. The molecular formula is C26H36FN3O4S. The summed E-state index contributed by atoms with van der Waals surface area (Å²) in [6.07, 6.45) is 2.12. The van der Waals surface area contributed by atoms with Gasteiger partial charge in [-0.3, -0.25) is 13.9 Å². The molecule has 0 heterocycles. The number of hydrogen-bond acceptors (Lipinski definition) is 4. The van der Waals surface area contributed by atoms with E-state index in [1.807, 2.05) is 32.9 Å². The minimum absolute atomic E-state index is 0.00725. The number of benzene rings is 2. The zero-order valence-electron chi connectivity index (χ0n) is 21.1. The minimum atomic E-state index is -3.56. The normalized spacial score (nSPS) is 13.1. The van der Waals surface area contributed by atoms with Crippen molar-refractivity contribution in [3.05, 3.63) is 65.5 Å². The quantitative estimate of drug-likeness (QED) is 0.472. The number of sulfonamides is 1.